The van der Waals surface area contributed by atoms with Crippen LogP contribution in [0.1, 0.15) is 5.82 Å². The lowest BCUT2D eigenvalue weighted by Gasteiger charge is -2.35. The van der Waals surface area contributed by atoms with E-state index < -0.39 is 0 Å². The standard InChI is InChI=1S/C20H22ClN7/c21-16-8-4-5-9-17(16)23-20-25-18(24-19(22)26-20)14-27-10-12-28(13-11-27)15-6-2-1-3-7-15/h1-9H,10-14H2,(H3,22,23,24,25,26). The fourth-order valence-corrected chi connectivity index (χ4v) is 3.43. The van der Waals surface area contributed by atoms with E-state index in [9.17, 15) is 0 Å². The molecule has 8 heteroatoms. The van der Waals surface area contributed by atoms with Gasteiger partial charge >= 0.3 is 0 Å². The number of nitrogens with two attached hydrogens (primary N) is 1. The normalized spacial score (nSPS) is 14.8. The number of anilines is 4. The molecule has 0 spiro atoms. The number of hydrogen-bond donors (Lipinski definition) is 2. The van der Waals surface area contributed by atoms with E-state index in [1.807, 2.05) is 30.3 Å². The molecular formula is C20H22ClN7. The van der Waals surface area contributed by atoms with Crippen LogP contribution in [0, 0.1) is 0 Å². The summed E-state index contributed by atoms with van der Waals surface area (Å²) in [5, 5.41) is 3.72. The first-order valence-corrected chi connectivity index (χ1v) is 9.59. The molecule has 0 atom stereocenters. The third-order valence-electron chi connectivity index (χ3n) is 4.68. The number of halogens is 1. The van der Waals surface area contributed by atoms with Gasteiger partial charge in [0.15, 0.2) is 0 Å². The molecule has 0 unspecified atom stereocenters. The molecular weight excluding hydrogens is 374 g/mol. The maximum Gasteiger partial charge on any atom is 0.232 e. The van der Waals surface area contributed by atoms with Gasteiger partial charge in [-0.25, -0.2) is 0 Å². The summed E-state index contributed by atoms with van der Waals surface area (Å²) in [4.78, 5) is 17.7. The molecule has 144 valence electrons. The Kier molecular flexibility index (Phi) is 5.55. The molecule has 0 aliphatic carbocycles. The Labute approximate surface area is 169 Å². The number of nitrogens with zero attached hydrogens (tertiary/aromatic N) is 5. The number of nitrogen functional groups attached to an aromatic ring is 1. The Morgan fingerprint density at radius 2 is 1.61 bits per heavy atom. The Bertz CT molecular complexity index is 927. The highest BCUT2D eigenvalue weighted by Gasteiger charge is 2.18. The highest BCUT2D eigenvalue weighted by molar-refractivity contribution is 6.33. The fourth-order valence-electron chi connectivity index (χ4n) is 3.25. The summed E-state index contributed by atoms with van der Waals surface area (Å²) in [6.07, 6.45) is 0. The van der Waals surface area contributed by atoms with Gasteiger partial charge in [0.1, 0.15) is 5.82 Å². The van der Waals surface area contributed by atoms with Crippen molar-refractivity contribution < 1.29 is 0 Å². The predicted molar refractivity (Wildman–Crippen MR) is 113 cm³/mol. The van der Waals surface area contributed by atoms with Crippen molar-refractivity contribution in [1.82, 2.24) is 19.9 Å². The topological polar surface area (TPSA) is 83.2 Å². The van der Waals surface area contributed by atoms with Gasteiger partial charge in [0.25, 0.3) is 0 Å². The third-order valence-corrected chi connectivity index (χ3v) is 5.01. The number of para-hydroxylation sites is 2. The van der Waals surface area contributed by atoms with Crippen LogP contribution in [0.2, 0.25) is 5.02 Å². The van der Waals surface area contributed by atoms with Gasteiger partial charge in [0, 0.05) is 31.9 Å². The summed E-state index contributed by atoms with van der Waals surface area (Å²) in [7, 11) is 0. The zero-order chi connectivity index (χ0) is 19.3. The van der Waals surface area contributed by atoms with Crippen LogP contribution in [0.3, 0.4) is 0 Å². The van der Waals surface area contributed by atoms with Crippen molar-refractivity contribution in [3.8, 4) is 0 Å². The van der Waals surface area contributed by atoms with E-state index in [4.69, 9.17) is 17.3 Å². The zero-order valence-corrected chi connectivity index (χ0v) is 16.2. The number of nitrogens with one attached hydrogen (secondary N) is 1. The largest absolute Gasteiger partial charge is 0.369 e. The number of rotatable bonds is 5. The maximum absolute atomic E-state index is 6.20. The summed E-state index contributed by atoms with van der Waals surface area (Å²) in [5.74, 6) is 1.25. The number of aromatic nitrogens is 3. The molecule has 3 N–H and O–H groups in total. The summed E-state index contributed by atoms with van der Waals surface area (Å²) < 4.78 is 0. The lowest BCUT2D eigenvalue weighted by Crippen LogP contribution is -2.46. The average Bonchev–Trinajstić information content (AvgIpc) is 2.71. The van der Waals surface area contributed by atoms with Crippen LogP contribution in [0.25, 0.3) is 0 Å². The van der Waals surface area contributed by atoms with E-state index >= 15 is 0 Å². The summed E-state index contributed by atoms with van der Waals surface area (Å²) in [6, 6.07) is 17.9. The van der Waals surface area contributed by atoms with Crippen LogP contribution in [0.15, 0.2) is 54.6 Å². The molecule has 1 aliphatic rings. The Hall–Kier alpha value is -2.90. The van der Waals surface area contributed by atoms with Crippen molar-refractivity contribution in [2.24, 2.45) is 0 Å². The molecule has 0 bridgehead atoms. The van der Waals surface area contributed by atoms with Crippen LogP contribution in [0.5, 0.6) is 0 Å². The minimum absolute atomic E-state index is 0.197. The summed E-state index contributed by atoms with van der Waals surface area (Å²) >= 11 is 6.20. The molecule has 4 rings (SSSR count). The first kappa shape index (κ1) is 18.5. The lowest BCUT2D eigenvalue weighted by molar-refractivity contribution is 0.244. The average molecular weight is 396 g/mol. The summed E-state index contributed by atoms with van der Waals surface area (Å²) in [5.41, 5.74) is 7.89. The van der Waals surface area contributed by atoms with Crippen molar-refractivity contribution in [1.29, 1.82) is 0 Å². The second-order valence-electron chi connectivity index (χ2n) is 6.64. The minimum Gasteiger partial charge on any atom is -0.369 e. The molecule has 7 nitrogen and oxygen atoms in total. The molecule has 1 saturated heterocycles. The number of benzene rings is 2. The van der Waals surface area contributed by atoms with Crippen molar-refractivity contribution >= 4 is 34.9 Å². The minimum atomic E-state index is 0.197. The van der Waals surface area contributed by atoms with Gasteiger partial charge in [-0.2, -0.15) is 15.0 Å². The Balaban J connectivity index is 1.40. The Morgan fingerprint density at radius 3 is 2.36 bits per heavy atom. The van der Waals surface area contributed by atoms with E-state index in [0.29, 0.717) is 23.3 Å². The molecule has 2 aromatic carbocycles. The van der Waals surface area contributed by atoms with Crippen LogP contribution in [0.4, 0.5) is 23.3 Å². The molecule has 1 aromatic heterocycles. The van der Waals surface area contributed by atoms with Crippen LogP contribution < -0.4 is 16.0 Å². The van der Waals surface area contributed by atoms with E-state index in [0.717, 1.165) is 31.9 Å². The molecule has 2 heterocycles. The SMILES string of the molecule is Nc1nc(CN2CCN(c3ccccc3)CC2)nc(Nc2ccccc2Cl)n1. The van der Waals surface area contributed by atoms with Gasteiger partial charge in [-0.1, -0.05) is 41.9 Å². The molecule has 3 aromatic rings. The molecule has 28 heavy (non-hydrogen) atoms. The molecule has 0 saturated carbocycles. The monoisotopic (exact) mass is 395 g/mol. The van der Waals surface area contributed by atoms with Crippen molar-refractivity contribution in [3.63, 3.8) is 0 Å². The third kappa shape index (κ3) is 4.49. The van der Waals surface area contributed by atoms with Crippen LogP contribution in [-0.2, 0) is 6.54 Å². The van der Waals surface area contributed by atoms with Crippen LogP contribution in [-0.4, -0.2) is 46.0 Å². The number of hydrogen-bond acceptors (Lipinski definition) is 7. The second-order valence-corrected chi connectivity index (χ2v) is 7.04. The highest BCUT2D eigenvalue weighted by Crippen LogP contribution is 2.23. The molecule has 1 aliphatic heterocycles. The quantitative estimate of drug-likeness (QED) is 0.686. The Morgan fingerprint density at radius 1 is 0.893 bits per heavy atom. The highest BCUT2D eigenvalue weighted by atomic mass is 35.5. The predicted octanol–water partition coefficient (Wildman–Crippen LogP) is 3.17. The molecule has 0 amide bonds. The van der Waals surface area contributed by atoms with E-state index in [2.05, 4.69) is 54.3 Å². The first-order valence-electron chi connectivity index (χ1n) is 9.22. The van der Waals surface area contributed by atoms with E-state index in [1.54, 1.807) is 0 Å². The van der Waals surface area contributed by atoms with Gasteiger partial charge in [0.05, 0.1) is 17.3 Å². The van der Waals surface area contributed by atoms with Gasteiger partial charge in [-0.05, 0) is 24.3 Å². The van der Waals surface area contributed by atoms with Gasteiger partial charge in [-0.15, -0.1) is 0 Å². The summed E-state index contributed by atoms with van der Waals surface area (Å²) in [6.45, 7) is 4.44. The van der Waals surface area contributed by atoms with E-state index in [-0.39, 0.29) is 5.95 Å². The van der Waals surface area contributed by atoms with Crippen molar-refractivity contribution in [3.05, 3.63) is 65.4 Å². The van der Waals surface area contributed by atoms with Crippen molar-refractivity contribution in [2.75, 3.05) is 42.1 Å². The van der Waals surface area contributed by atoms with Crippen LogP contribution >= 0.6 is 11.6 Å². The smallest absolute Gasteiger partial charge is 0.232 e. The van der Waals surface area contributed by atoms with E-state index in [1.165, 1.54) is 5.69 Å². The molecule has 1 fully saturated rings. The molecule has 0 radical (unpaired) electrons. The maximum atomic E-state index is 6.20. The number of piperazine rings is 1. The second kappa shape index (κ2) is 8.41. The van der Waals surface area contributed by atoms with Gasteiger partial charge < -0.3 is 16.0 Å². The lowest BCUT2D eigenvalue weighted by atomic mass is 10.2. The van der Waals surface area contributed by atoms with Gasteiger partial charge in [0.2, 0.25) is 11.9 Å². The zero-order valence-electron chi connectivity index (χ0n) is 15.4. The van der Waals surface area contributed by atoms with Gasteiger partial charge in [-0.3, -0.25) is 4.90 Å². The van der Waals surface area contributed by atoms with Crippen molar-refractivity contribution in [2.45, 2.75) is 6.54 Å². The first-order chi connectivity index (χ1) is 13.7. The fraction of sp³-hybridized carbons (Fsp3) is 0.250.